The Morgan fingerprint density at radius 2 is 1.92 bits per heavy atom. The quantitative estimate of drug-likeness (QED) is 0.531. The molecule has 0 spiro atoms. The molecule has 3 rings (SSSR count). The molecule has 1 aromatic carbocycles. The van der Waals surface area contributed by atoms with E-state index in [1.807, 2.05) is 30.3 Å². The van der Waals surface area contributed by atoms with Crippen LogP contribution < -0.4 is 11.1 Å². The van der Waals surface area contributed by atoms with Crippen molar-refractivity contribution in [3.63, 3.8) is 0 Å². The lowest BCUT2D eigenvalue weighted by Crippen LogP contribution is -2.59. The van der Waals surface area contributed by atoms with Gasteiger partial charge in [0.1, 0.15) is 6.04 Å². The molecule has 0 aliphatic carbocycles. The fourth-order valence-electron chi connectivity index (χ4n) is 3.43. The Balaban J connectivity index is 1.69. The Kier molecular flexibility index (Phi) is 5.32. The first-order chi connectivity index (χ1) is 12.5. The first kappa shape index (κ1) is 18.1. The standard InChI is InChI=1S/C18H22N4O4/c19-13(11-12-5-2-1-3-6-12)16(24)21-9-4-7-14(21)17(25)22-10-8-20-15(23)18(22)26/h1-3,5-6,13-14H,4,7-11,19H2,(H,20,23)/t13-,14+/m1/s1. The third-order valence-corrected chi connectivity index (χ3v) is 4.76. The summed E-state index contributed by atoms with van der Waals surface area (Å²) < 4.78 is 0. The molecule has 138 valence electrons. The smallest absolute Gasteiger partial charge is 0.318 e. The second-order valence-electron chi connectivity index (χ2n) is 6.54. The first-order valence-corrected chi connectivity index (χ1v) is 8.72. The normalized spacial score (nSPS) is 21.5. The van der Waals surface area contributed by atoms with Crippen LogP contribution in [0.1, 0.15) is 18.4 Å². The van der Waals surface area contributed by atoms with E-state index in [0.29, 0.717) is 25.8 Å². The Morgan fingerprint density at radius 3 is 2.65 bits per heavy atom. The van der Waals surface area contributed by atoms with Gasteiger partial charge in [0.05, 0.1) is 6.04 Å². The number of hydrogen-bond acceptors (Lipinski definition) is 5. The van der Waals surface area contributed by atoms with Gasteiger partial charge in [0.2, 0.25) is 5.91 Å². The van der Waals surface area contributed by atoms with Crippen LogP contribution in [0.4, 0.5) is 0 Å². The average Bonchev–Trinajstić information content (AvgIpc) is 3.13. The van der Waals surface area contributed by atoms with Gasteiger partial charge in [0.25, 0.3) is 5.91 Å². The molecule has 2 atom stereocenters. The van der Waals surface area contributed by atoms with E-state index in [2.05, 4.69) is 5.32 Å². The van der Waals surface area contributed by atoms with Crippen molar-refractivity contribution in [3.8, 4) is 0 Å². The minimum absolute atomic E-state index is 0.123. The fourth-order valence-corrected chi connectivity index (χ4v) is 3.43. The second kappa shape index (κ2) is 7.65. The zero-order valence-corrected chi connectivity index (χ0v) is 14.4. The molecule has 0 aromatic heterocycles. The van der Waals surface area contributed by atoms with Gasteiger partial charge in [-0.2, -0.15) is 0 Å². The van der Waals surface area contributed by atoms with Gasteiger partial charge in [-0.3, -0.25) is 24.1 Å². The number of likely N-dealkylation sites (tertiary alicyclic amines) is 1. The lowest BCUT2D eigenvalue weighted by molar-refractivity contribution is -0.158. The van der Waals surface area contributed by atoms with Crippen LogP contribution in [0, 0.1) is 0 Å². The molecule has 2 saturated heterocycles. The summed E-state index contributed by atoms with van der Waals surface area (Å²) in [5.74, 6) is -2.46. The maximum atomic E-state index is 12.8. The average molecular weight is 358 g/mol. The summed E-state index contributed by atoms with van der Waals surface area (Å²) in [6.07, 6.45) is 1.50. The summed E-state index contributed by atoms with van der Waals surface area (Å²) in [6, 6.07) is 7.93. The van der Waals surface area contributed by atoms with Crippen LogP contribution >= 0.6 is 0 Å². The van der Waals surface area contributed by atoms with Crippen molar-refractivity contribution < 1.29 is 19.2 Å². The monoisotopic (exact) mass is 358 g/mol. The summed E-state index contributed by atoms with van der Waals surface area (Å²) in [7, 11) is 0. The van der Waals surface area contributed by atoms with E-state index in [-0.39, 0.29) is 19.0 Å². The maximum absolute atomic E-state index is 12.8. The molecule has 2 heterocycles. The van der Waals surface area contributed by atoms with E-state index in [9.17, 15) is 19.2 Å². The van der Waals surface area contributed by atoms with Gasteiger partial charge in [-0.15, -0.1) is 0 Å². The summed E-state index contributed by atoms with van der Waals surface area (Å²) in [5.41, 5.74) is 7.01. The maximum Gasteiger partial charge on any atom is 0.318 e. The number of piperazine rings is 1. The predicted molar refractivity (Wildman–Crippen MR) is 92.6 cm³/mol. The number of benzene rings is 1. The first-order valence-electron chi connectivity index (χ1n) is 8.72. The number of nitrogens with one attached hydrogen (secondary N) is 1. The molecule has 2 aliphatic rings. The number of carbonyl (C=O) groups is 4. The van der Waals surface area contributed by atoms with Crippen molar-refractivity contribution in [3.05, 3.63) is 35.9 Å². The topological polar surface area (TPSA) is 113 Å². The highest BCUT2D eigenvalue weighted by atomic mass is 16.2. The summed E-state index contributed by atoms with van der Waals surface area (Å²) >= 11 is 0. The highest BCUT2D eigenvalue weighted by molar-refractivity contribution is 6.38. The Bertz CT molecular complexity index is 721. The van der Waals surface area contributed by atoms with Crippen LogP contribution in [-0.4, -0.2) is 65.1 Å². The molecule has 0 bridgehead atoms. The zero-order valence-electron chi connectivity index (χ0n) is 14.4. The van der Waals surface area contributed by atoms with Gasteiger partial charge in [0, 0.05) is 19.6 Å². The van der Waals surface area contributed by atoms with Gasteiger partial charge in [-0.1, -0.05) is 30.3 Å². The third-order valence-electron chi connectivity index (χ3n) is 4.76. The molecular formula is C18H22N4O4. The van der Waals surface area contributed by atoms with Gasteiger partial charge in [-0.05, 0) is 24.8 Å². The number of amides is 4. The van der Waals surface area contributed by atoms with Crippen LogP contribution in [-0.2, 0) is 25.6 Å². The Morgan fingerprint density at radius 1 is 1.19 bits per heavy atom. The van der Waals surface area contributed by atoms with Crippen molar-refractivity contribution in [2.24, 2.45) is 5.73 Å². The van der Waals surface area contributed by atoms with Crippen LogP contribution in [0.15, 0.2) is 30.3 Å². The predicted octanol–water partition coefficient (Wildman–Crippen LogP) is -0.968. The number of nitrogens with two attached hydrogens (primary N) is 1. The minimum atomic E-state index is -0.867. The van der Waals surface area contributed by atoms with Crippen molar-refractivity contribution >= 4 is 23.6 Å². The van der Waals surface area contributed by atoms with Crippen LogP contribution in [0.5, 0.6) is 0 Å². The third kappa shape index (κ3) is 3.60. The lowest BCUT2D eigenvalue weighted by atomic mass is 10.0. The SMILES string of the molecule is N[C@H](Cc1ccccc1)C(=O)N1CCC[C@H]1C(=O)N1CCNC(=O)C1=O. The Labute approximate surface area is 151 Å². The molecule has 2 aliphatic heterocycles. The summed E-state index contributed by atoms with van der Waals surface area (Å²) in [5, 5.41) is 2.40. The molecule has 2 fully saturated rings. The van der Waals surface area contributed by atoms with Crippen LogP contribution in [0.2, 0.25) is 0 Å². The van der Waals surface area contributed by atoms with Crippen molar-refractivity contribution in [1.29, 1.82) is 0 Å². The van der Waals surface area contributed by atoms with E-state index in [0.717, 1.165) is 10.5 Å². The molecule has 8 heteroatoms. The molecule has 0 radical (unpaired) electrons. The lowest BCUT2D eigenvalue weighted by Gasteiger charge is -2.32. The van der Waals surface area contributed by atoms with Crippen LogP contribution in [0.25, 0.3) is 0 Å². The van der Waals surface area contributed by atoms with Gasteiger partial charge >= 0.3 is 11.8 Å². The van der Waals surface area contributed by atoms with Gasteiger partial charge in [-0.25, -0.2) is 0 Å². The van der Waals surface area contributed by atoms with E-state index < -0.39 is 29.8 Å². The van der Waals surface area contributed by atoms with Gasteiger partial charge in [0.15, 0.2) is 0 Å². The van der Waals surface area contributed by atoms with Crippen molar-refractivity contribution in [2.45, 2.75) is 31.3 Å². The molecule has 3 N–H and O–H groups in total. The second-order valence-corrected chi connectivity index (χ2v) is 6.54. The number of hydrogen-bond donors (Lipinski definition) is 2. The molecule has 0 saturated carbocycles. The molecule has 0 unspecified atom stereocenters. The van der Waals surface area contributed by atoms with E-state index in [1.54, 1.807) is 0 Å². The van der Waals surface area contributed by atoms with Gasteiger partial charge < -0.3 is 16.0 Å². The zero-order chi connectivity index (χ0) is 18.7. The Hall–Kier alpha value is -2.74. The number of rotatable bonds is 4. The fraction of sp³-hybridized carbons (Fsp3) is 0.444. The number of carbonyl (C=O) groups excluding carboxylic acids is 4. The summed E-state index contributed by atoms with van der Waals surface area (Å²) in [4.78, 5) is 51.3. The number of nitrogens with zero attached hydrogens (tertiary/aromatic N) is 2. The largest absolute Gasteiger partial charge is 0.346 e. The highest BCUT2D eigenvalue weighted by Gasteiger charge is 2.41. The molecular weight excluding hydrogens is 336 g/mol. The minimum Gasteiger partial charge on any atom is -0.346 e. The van der Waals surface area contributed by atoms with E-state index in [4.69, 9.17) is 5.73 Å². The molecule has 1 aromatic rings. The van der Waals surface area contributed by atoms with E-state index in [1.165, 1.54) is 4.90 Å². The van der Waals surface area contributed by atoms with Crippen LogP contribution in [0.3, 0.4) is 0 Å². The molecule has 26 heavy (non-hydrogen) atoms. The number of imide groups is 1. The van der Waals surface area contributed by atoms with E-state index >= 15 is 0 Å². The van der Waals surface area contributed by atoms with Crippen molar-refractivity contribution in [1.82, 2.24) is 15.1 Å². The molecule has 4 amide bonds. The van der Waals surface area contributed by atoms with Crippen molar-refractivity contribution in [2.75, 3.05) is 19.6 Å². The highest BCUT2D eigenvalue weighted by Crippen LogP contribution is 2.21. The molecule has 8 nitrogen and oxygen atoms in total. The summed E-state index contributed by atoms with van der Waals surface area (Å²) in [6.45, 7) is 0.772.